The Labute approximate surface area is 116 Å². The molecular formula is C16H24N2O. The Kier molecular flexibility index (Phi) is 5.53. The summed E-state index contributed by atoms with van der Waals surface area (Å²) in [6.45, 7) is 8.71. The van der Waals surface area contributed by atoms with E-state index in [-0.39, 0.29) is 6.04 Å². The van der Waals surface area contributed by atoms with Crippen LogP contribution in [0.5, 0.6) is 0 Å². The van der Waals surface area contributed by atoms with Crippen LogP contribution < -0.4 is 5.32 Å². The SMILES string of the molecule is CC(C)CC(C)(O)CNC(C)c1ccc(C#N)cc1. The van der Waals surface area contributed by atoms with E-state index >= 15 is 0 Å². The number of rotatable bonds is 6. The number of hydrogen-bond donors (Lipinski definition) is 2. The van der Waals surface area contributed by atoms with Gasteiger partial charge in [-0.05, 0) is 43.9 Å². The lowest BCUT2D eigenvalue weighted by Gasteiger charge is -2.27. The highest BCUT2D eigenvalue weighted by atomic mass is 16.3. The number of hydrogen-bond acceptors (Lipinski definition) is 3. The monoisotopic (exact) mass is 260 g/mol. The molecule has 0 saturated heterocycles. The van der Waals surface area contributed by atoms with Gasteiger partial charge in [-0.3, -0.25) is 0 Å². The summed E-state index contributed by atoms with van der Waals surface area (Å²) in [7, 11) is 0. The summed E-state index contributed by atoms with van der Waals surface area (Å²) in [5.41, 5.74) is 1.11. The molecule has 0 spiro atoms. The zero-order valence-corrected chi connectivity index (χ0v) is 12.3. The van der Waals surface area contributed by atoms with Gasteiger partial charge in [-0.25, -0.2) is 0 Å². The molecule has 19 heavy (non-hydrogen) atoms. The molecule has 0 aliphatic carbocycles. The standard InChI is InChI=1S/C16H24N2O/c1-12(2)9-16(4,19)11-18-13(3)15-7-5-14(10-17)6-8-15/h5-8,12-13,18-19H,9,11H2,1-4H3. The Morgan fingerprint density at radius 1 is 1.26 bits per heavy atom. The molecule has 0 aliphatic heterocycles. The summed E-state index contributed by atoms with van der Waals surface area (Å²) in [5, 5.41) is 22.4. The molecule has 1 aromatic rings. The van der Waals surface area contributed by atoms with Crippen molar-refractivity contribution in [2.24, 2.45) is 5.92 Å². The highest BCUT2D eigenvalue weighted by Gasteiger charge is 2.22. The molecule has 0 amide bonds. The van der Waals surface area contributed by atoms with E-state index in [9.17, 15) is 5.11 Å². The van der Waals surface area contributed by atoms with Crippen LogP contribution in [0.1, 0.15) is 51.3 Å². The third-order valence-corrected chi connectivity index (χ3v) is 3.18. The Morgan fingerprint density at radius 3 is 2.32 bits per heavy atom. The topological polar surface area (TPSA) is 56.0 Å². The fourth-order valence-corrected chi connectivity index (χ4v) is 2.29. The second-order valence-corrected chi connectivity index (χ2v) is 5.93. The zero-order chi connectivity index (χ0) is 14.5. The van der Waals surface area contributed by atoms with E-state index in [0.717, 1.165) is 12.0 Å². The van der Waals surface area contributed by atoms with Crippen molar-refractivity contribution < 1.29 is 5.11 Å². The van der Waals surface area contributed by atoms with Crippen molar-refractivity contribution in [3.8, 4) is 6.07 Å². The molecule has 1 aromatic carbocycles. The van der Waals surface area contributed by atoms with Gasteiger partial charge in [0.1, 0.15) is 0 Å². The molecule has 0 fully saturated rings. The summed E-state index contributed by atoms with van der Waals surface area (Å²) in [6.07, 6.45) is 0.778. The normalized spacial score (nSPS) is 15.8. The predicted molar refractivity (Wildman–Crippen MR) is 77.7 cm³/mol. The average Bonchev–Trinajstić information content (AvgIpc) is 2.34. The van der Waals surface area contributed by atoms with Crippen molar-refractivity contribution in [2.45, 2.75) is 45.8 Å². The Hall–Kier alpha value is -1.37. The lowest BCUT2D eigenvalue weighted by molar-refractivity contribution is 0.0363. The number of nitrogens with zero attached hydrogens (tertiary/aromatic N) is 1. The predicted octanol–water partition coefficient (Wildman–Crippen LogP) is 3.01. The smallest absolute Gasteiger partial charge is 0.0991 e. The molecule has 2 atom stereocenters. The highest BCUT2D eigenvalue weighted by Crippen LogP contribution is 2.18. The molecule has 2 N–H and O–H groups in total. The Morgan fingerprint density at radius 2 is 1.84 bits per heavy atom. The number of benzene rings is 1. The minimum absolute atomic E-state index is 0.159. The van der Waals surface area contributed by atoms with Crippen LogP contribution in [0.25, 0.3) is 0 Å². The molecule has 0 aliphatic rings. The average molecular weight is 260 g/mol. The van der Waals surface area contributed by atoms with E-state index in [1.165, 1.54) is 0 Å². The van der Waals surface area contributed by atoms with Crippen LogP contribution in [0.4, 0.5) is 0 Å². The van der Waals surface area contributed by atoms with E-state index < -0.39 is 5.60 Å². The van der Waals surface area contributed by atoms with Gasteiger partial charge < -0.3 is 10.4 Å². The summed E-state index contributed by atoms with van der Waals surface area (Å²) < 4.78 is 0. The maximum absolute atomic E-state index is 10.3. The van der Waals surface area contributed by atoms with Gasteiger partial charge in [0, 0.05) is 12.6 Å². The highest BCUT2D eigenvalue weighted by molar-refractivity contribution is 5.32. The van der Waals surface area contributed by atoms with Crippen LogP contribution in [0.15, 0.2) is 24.3 Å². The maximum Gasteiger partial charge on any atom is 0.0991 e. The third kappa shape index (κ3) is 5.42. The first-order valence-electron chi connectivity index (χ1n) is 6.80. The first-order chi connectivity index (χ1) is 8.84. The van der Waals surface area contributed by atoms with Crippen LogP contribution in [-0.4, -0.2) is 17.3 Å². The van der Waals surface area contributed by atoms with Gasteiger partial charge in [-0.15, -0.1) is 0 Å². The zero-order valence-electron chi connectivity index (χ0n) is 12.3. The first-order valence-corrected chi connectivity index (χ1v) is 6.80. The van der Waals surface area contributed by atoms with E-state index in [2.05, 4.69) is 32.2 Å². The van der Waals surface area contributed by atoms with Crippen LogP contribution in [0.3, 0.4) is 0 Å². The lowest BCUT2D eigenvalue weighted by atomic mass is 9.94. The minimum Gasteiger partial charge on any atom is -0.389 e. The van der Waals surface area contributed by atoms with Gasteiger partial charge in [-0.2, -0.15) is 5.26 Å². The molecule has 0 saturated carbocycles. The molecule has 104 valence electrons. The molecule has 0 aromatic heterocycles. The van der Waals surface area contributed by atoms with Crippen molar-refractivity contribution in [1.29, 1.82) is 5.26 Å². The molecule has 3 heteroatoms. The van der Waals surface area contributed by atoms with E-state index in [1.54, 1.807) is 0 Å². The van der Waals surface area contributed by atoms with Crippen molar-refractivity contribution in [2.75, 3.05) is 6.54 Å². The van der Waals surface area contributed by atoms with Crippen molar-refractivity contribution in [3.63, 3.8) is 0 Å². The maximum atomic E-state index is 10.3. The van der Waals surface area contributed by atoms with Crippen LogP contribution in [0.2, 0.25) is 0 Å². The Bertz CT molecular complexity index is 429. The minimum atomic E-state index is -0.685. The summed E-state index contributed by atoms with van der Waals surface area (Å²) in [5.74, 6) is 0.474. The van der Waals surface area contributed by atoms with Crippen molar-refractivity contribution in [3.05, 3.63) is 35.4 Å². The fraction of sp³-hybridized carbons (Fsp3) is 0.562. The summed E-state index contributed by atoms with van der Waals surface area (Å²) in [4.78, 5) is 0. The van der Waals surface area contributed by atoms with E-state index in [0.29, 0.717) is 18.0 Å². The summed E-state index contributed by atoms with van der Waals surface area (Å²) in [6, 6.07) is 9.81. The number of nitrogens with one attached hydrogen (secondary N) is 1. The molecule has 0 radical (unpaired) electrons. The van der Waals surface area contributed by atoms with Crippen LogP contribution in [-0.2, 0) is 0 Å². The van der Waals surface area contributed by atoms with Gasteiger partial charge >= 0.3 is 0 Å². The fourth-order valence-electron chi connectivity index (χ4n) is 2.29. The second kappa shape index (κ2) is 6.70. The van der Waals surface area contributed by atoms with Gasteiger partial charge in [0.15, 0.2) is 0 Å². The molecule has 0 heterocycles. The first kappa shape index (κ1) is 15.7. The quantitative estimate of drug-likeness (QED) is 0.826. The van der Waals surface area contributed by atoms with Gasteiger partial charge in [0.25, 0.3) is 0 Å². The third-order valence-electron chi connectivity index (χ3n) is 3.18. The van der Waals surface area contributed by atoms with Crippen LogP contribution in [0, 0.1) is 17.2 Å². The summed E-state index contributed by atoms with van der Waals surface area (Å²) >= 11 is 0. The van der Waals surface area contributed by atoms with Gasteiger partial charge in [-0.1, -0.05) is 26.0 Å². The van der Waals surface area contributed by atoms with E-state index in [1.807, 2.05) is 31.2 Å². The van der Waals surface area contributed by atoms with E-state index in [4.69, 9.17) is 5.26 Å². The second-order valence-electron chi connectivity index (χ2n) is 5.93. The van der Waals surface area contributed by atoms with Gasteiger partial charge in [0.2, 0.25) is 0 Å². The Balaban J connectivity index is 2.55. The molecular weight excluding hydrogens is 236 g/mol. The molecule has 3 nitrogen and oxygen atoms in total. The largest absolute Gasteiger partial charge is 0.389 e. The van der Waals surface area contributed by atoms with Gasteiger partial charge in [0.05, 0.1) is 17.2 Å². The number of aliphatic hydroxyl groups is 1. The van der Waals surface area contributed by atoms with Crippen molar-refractivity contribution >= 4 is 0 Å². The number of nitriles is 1. The van der Waals surface area contributed by atoms with Crippen LogP contribution >= 0.6 is 0 Å². The van der Waals surface area contributed by atoms with Crippen molar-refractivity contribution in [1.82, 2.24) is 5.32 Å². The lowest BCUT2D eigenvalue weighted by Crippen LogP contribution is -2.39. The molecule has 1 rings (SSSR count). The molecule has 2 unspecified atom stereocenters. The molecule has 0 bridgehead atoms.